The van der Waals surface area contributed by atoms with E-state index in [4.69, 9.17) is 16.6 Å². The quantitative estimate of drug-likeness (QED) is 0.761. The highest BCUT2D eigenvalue weighted by atomic mass is 32.1. The van der Waals surface area contributed by atoms with Gasteiger partial charge in [0.1, 0.15) is 0 Å². The fourth-order valence-corrected chi connectivity index (χ4v) is 4.95. The van der Waals surface area contributed by atoms with Crippen LogP contribution in [0.2, 0.25) is 0 Å². The van der Waals surface area contributed by atoms with Gasteiger partial charge in [0, 0.05) is 5.41 Å². The van der Waals surface area contributed by atoms with Gasteiger partial charge in [0.25, 0.3) is 4.84 Å². The van der Waals surface area contributed by atoms with Crippen molar-refractivity contribution in [3.63, 3.8) is 0 Å². The maximum absolute atomic E-state index is 5.62. The molecule has 0 aliphatic heterocycles. The lowest BCUT2D eigenvalue weighted by atomic mass is 9.49. The summed E-state index contributed by atoms with van der Waals surface area (Å²) in [6.07, 6.45) is 8.19. The first kappa shape index (κ1) is 9.40. The van der Waals surface area contributed by atoms with Gasteiger partial charge in [0.2, 0.25) is 5.89 Å². The largest absolute Gasteiger partial charge is 0.414 e. The lowest BCUT2D eigenvalue weighted by Gasteiger charge is -2.55. The number of aromatic nitrogens is 2. The summed E-state index contributed by atoms with van der Waals surface area (Å²) >= 11 is 5.00. The van der Waals surface area contributed by atoms with Crippen LogP contribution in [0.1, 0.15) is 44.4 Å². The molecule has 0 saturated heterocycles. The molecule has 4 fully saturated rings. The molecule has 1 aromatic rings. The zero-order valence-corrected chi connectivity index (χ0v) is 10.1. The van der Waals surface area contributed by atoms with Crippen LogP contribution in [0.5, 0.6) is 0 Å². The van der Waals surface area contributed by atoms with Gasteiger partial charge in [-0.15, -0.1) is 5.10 Å². The van der Waals surface area contributed by atoms with Crippen LogP contribution in [0.4, 0.5) is 0 Å². The molecule has 1 N–H and O–H groups in total. The minimum absolute atomic E-state index is 0.238. The second kappa shape index (κ2) is 2.97. The Morgan fingerprint density at radius 1 is 1.12 bits per heavy atom. The van der Waals surface area contributed by atoms with Gasteiger partial charge in [-0.2, -0.15) is 0 Å². The molecular formula is C12H16N2OS. The van der Waals surface area contributed by atoms with E-state index in [1.54, 1.807) is 0 Å². The molecule has 4 aliphatic carbocycles. The number of nitrogens with one attached hydrogen (secondary N) is 1. The van der Waals surface area contributed by atoms with E-state index in [-0.39, 0.29) is 5.41 Å². The molecular weight excluding hydrogens is 220 g/mol. The van der Waals surface area contributed by atoms with E-state index < -0.39 is 0 Å². The Balaban J connectivity index is 1.79. The van der Waals surface area contributed by atoms with Gasteiger partial charge in [0.05, 0.1) is 0 Å². The van der Waals surface area contributed by atoms with E-state index in [0.717, 1.165) is 23.6 Å². The molecule has 1 heterocycles. The summed E-state index contributed by atoms with van der Waals surface area (Å²) < 4.78 is 5.62. The van der Waals surface area contributed by atoms with Crippen LogP contribution in [0.15, 0.2) is 4.42 Å². The first-order valence-electron chi connectivity index (χ1n) is 6.29. The van der Waals surface area contributed by atoms with Crippen molar-refractivity contribution in [3.05, 3.63) is 10.7 Å². The predicted octanol–water partition coefficient (Wildman–Crippen LogP) is 3.20. The number of nitrogens with zero attached hydrogens (tertiary/aromatic N) is 1. The van der Waals surface area contributed by atoms with Crippen LogP contribution >= 0.6 is 12.2 Å². The fraction of sp³-hybridized carbons (Fsp3) is 0.833. The Bertz CT molecular complexity index is 440. The Morgan fingerprint density at radius 3 is 2.12 bits per heavy atom. The third-order valence-corrected chi connectivity index (χ3v) is 5.10. The van der Waals surface area contributed by atoms with Gasteiger partial charge in [0.15, 0.2) is 0 Å². The van der Waals surface area contributed by atoms with E-state index in [1.165, 1.54) is 38.5 Å². The SMILES string of the molecule is S=c1[nH]nc(C23CC4CC(CC(C4)C2)C3)o1. The summed E-state index contributed by atoms with van der Waals surface area (Å²) in [5.41, 5.74) is 0.238. The zero-order chi connectivity index (χ0) is 10.8. The average Bonchev–Trinajstić information content (AvgIpc) is 2.63. The highest BCUT2D eigenvalue weighted by Crippen LogP contribution is 2.60. The molecule has 0 atom stereocenters. The molecule has 4 aliphatic rings. The Morgan fingerprint density at radius 2 is 1.69 bits per heavy atom. The first-order valence-corrected chi connectivity index (χ1v) is 6.70. The Kier molecular flexibility index (Phi) is 1.75. The van der Waals surface area contributed by atoms with Crippen molar-refractivity contribution in [1.29, 1.82) is 0 Å². The highest BCUT2D eigenvalue weighted by molar-refractivity contribution is 7.71. The molecule has 0 radical (unpaired) electrons. The van der Waals surface area contributed by atoms with Crippen LogP contribution in [0, 0.1) is 22.6 Å². The monoisotopic (exact) mass is 236 g/mol. The van der Waals surface area contributed by atoms with Crippen LogP contribution in [0.25, 0.3) is 0 Å². The average molecular weight is 236 g/mol. The highest BCUT2D eigenvalue weighted by Gasteiger charge is 2.54. The number of H-pyrrole nitrogens is 1. The molecule has 4 heteroatoms. The van der Waals surface area contributed by atoms with Crippen molar-refractivity contribution < 1.29 is 4.42 Å². The molecule has 0 aromatic carbocycles. The molecule has 3 nitrogen and oxygen atoms in total. The Hall–Kier alpha value is -0.640. The third kappa shape index (κ3) is 1.19. The molecule has 4 saturated carbocycles. The number of aromatic amines is 1. The van der Waals surface area contributed by atoms with E-state index in [0.29, 0.717) is 4.84 Å². The molecule has 0 unspecified atom stereocenters. The maximum atomic E-state index is 5.62. The summed E-state index contributed by atoms with van der Waals surface area (Å²) in [5.74, 6) is 3.67. The van der Waals surface area contributed by atoms with Crippen molar-refractivity contribution in [2.75, 3.05) is 0 Å². The van der Waals surface area contributed by atoms with Gasteiger partial charge in [-0.3, -0.25) is 0 Å². The van der Waals surface area contributed by atoms with Crippen LogP contribution < -0.4 is 0 Å². The van der Waals surface area contributed by atoms with Crippen molar-refractivity contribution >= 4 is 12.2 Å². The summed E-state index contributed by atoms with van der Waals surface area (Å²) in [6.45, 7) is 0. The van der Waals surface area contributed by atoms with Gasteiger partial charge < -0.3 is 4.42 Å². The van der Waals surface area contributed by atoms with Crippen LogP contribution in [-0.4, -0.2) is 10.2 Å². The minimum Gasteiger partial charge on any atom is -0.414 e. The maximum Gasteiger partial charge on any atom is 0.284 e. The van der Waals surface area contributed by atoms with E-state index in [1.807, 2.05) is 0 Å². The van der Waals surface area contributed by atoms with Crippen molar-refractivity contribution in [2.24, 2.45) is 17.8 Å². The van der Waals surface area contributed by atoms with Crippen LogP contribution in [0.3, 0.4) is 0 Å². The van der Waals surface area contributed by atoms with Gasteiger partial charge in [-0.1, -0.05) is 0 Å². The molecule has 86 valence electrons. The molecule has 4 bridgehead atoms. The lowest BCUT2D eigenvalue weighted by Crippen LogP contribution is -2.48. The summed E-state index contributed by atoms with van der Waals surface area (Å²) in [5, 5.41) is 7.10. The summed E-state index contributed by atoms with van der Waals surface area (Å²) in [4.78, 5) is 0.436. The van der Waals surface area contributed by atoms with E-state index in [2.05, 4.69) is 10.2 Å². The van der Waals surface area contributed by atoms with Gasteiger partial charge >= 0.3 is 0 Å². The van der Waals surface area contributed by atoms with Gasteiger partial charge in [-0.25, -0.2) is 5.10 Å². The molecule has 0 spiro atoms. The topological polar surface area (TPSA) is 41.8 Å². The third-order valence-electron chi connectivity index (χ3n) is 4.93. The van der Waals surface area contributed by atoms with E-state index in [9.17, 15) is 0 Å². The normalized spacial score (nSPS) is 45.1. The summed E-state index contributed by atoms with van der Waals surface area (Å²) in [7, 11) is 0. The standard InChI is InChI=1S/C12H16N2OS/c16-11-14-13-10(15-11)12-4-7-1-8(5-12)3-9(2-7)6-12/h7-9H,1-6H2,(H,14,16). The molecule has 5 rings (SSSR count). The van der Waals surface area contributed by atoms with Crippen LogP contribution in [-0.2, 0) is 5.41 Å². The number of hydrogen-bond donors (Lipinski definition) is 1. The second-order valence-corrected chi connectivity index (χ2v) is 6.49. The zero-order valence-electron chi connectivity index (χ0n) is 9.24. The van der Waals surface area contributed by atoms with Crippen molar-refractivity contribution in [2.45, 2.75) is 43.9 Å². The molecule has 16 heavy (non-hydrogen) atoms. The summed E-state index contributed by atoms with van der Waals surface area (Å²) in [6, 6.07) is 0. The lowest BCUT2D eigenvalue weighted by molar-refractivity contribution is -0.0180. The van der Waals surface area contributed by atoms with Crippen molar-refractivity contribution in [1.82, 2.24) is 10.2 Å². The molecule has 0 amide bonds. The fourth-order valence-electron chi connectivity index (χ4n) is 4.83. The second-order valence-electron chi connectivity index (χ2n) is 6.12. The number of rotatable bonds is 1. The Labute approximate surface area is 99.6 Å². The smallest absolute Gasteiger partial charge is 0.284 e. The predicted molar refractivity (Wildman–Crippen MR) is 61.5 cm³/mol. The molecule has 1 aromatic heterocycles. The van der Waals surface area contributed by atoms with E-state index >= 15 is 0 Å². The number of hydrogen-bond acceptors (Lipinski definition) is 3. The minimum atomic E-state index is 0.238. The first-order chi connectivity index (χ1) is 7.73. The van der Waals surface area contributed by atoms with Crippen molar-refractivity contribution in [3.8, 4) is 0 Å². The van der Waals surface area contributed by atoms with Gasteiger partial charge in [-0.05, 0) is 68.5 Å².